The number of Topliss-reactive ketones (excluding diaryl/α,β-unsaturated/α-hetero) is 1. The monoisotopic (exact) mass is 355 g/mol. The van der Waals surface area contributed by atoms with Gasteiger partial charge in [0.1, 0.15) is 0 Å². The molecule has 2 nitrogen and oxygen atoms in total. The summed E-state index contributed by atoms with van der Waals surface area (Å²) >= 11 is 3.76. The second-order valence-corrected chi connectivity index (χ2v) is 5.70. The number of pyridine rings is 1. The number of nitrogens with zero attached hydrogens (tertiary/aromatic N) is 1. The summed E-state index contributed by atoms with van der Waals surface area (Å²) in [7, 11) is 0. The quantitative estimate of drug-likeness (QED) is 0.476. The van der Waals surface area contributed by atoms with Crippen molar-refractivity contribution < 1.29 is 4.79 Å². The maximum absolute atomic E-state index is 11.9. The Hall–Kier alpha value is -0.880. The Morgan fingerprint density at radius 2 is 1.76 bits per heavy atom. The number of rotatable bonds is 4. The number of thioether (sulfide) groups is 1. The van der Waals surface area contributed by atoms with E-state index in [1.54, 1.807) is 12.4 Å². The lowest BCUT2D eigenvalue weighted by atomic mass is 10.2. The molecule has 2 aromatic rings. The maximum Gasteiger partial charge on any atom is 0.173 e. The van der Waals surface area contributed by atoms with Crippen molar-refractivity contribution in [3.8, 4) is 0 Å². The fraction of sp³-hybridized carbons (Fsp3) is 0.0769. The minimum Gasteiger partial charge on any atom is -0.293 e. The number of hydrogen-bond donors (Lipinski definition) is 0. The van der Waals surface area contributed by atoms with Crippen LogP contribution >= 0.6 is 34.4 Å². The van der Waals surface area contributed by atoms with Gasteiger partial charge in [-0.25, -0.2) is 0 Å². The molecule has 4 heteroatoms. The van der Waals surface area contributed by atoms with Gasteiger partial charge in [0, 0.05) is 26.4 Å². The van der Waals surface area contributed by atoms with Crippen molar-refractivity contribution in [2.75, 3.05) is 5.75 Å². The van der Waals surface area contributed by atoms with E-state index < -0.39 is 0 Å². The molecule has 0 spiro atoms. The molecule has 0 aliphatic heterocycles. The van der Waals surface area contributed by atoms with E-state index in [1.807, 2.05) is 36.4 Å². The molecular weight excluding hydrogens is 345 g/mol. The van der Waals surface area contributed by atoms with Crippen LogP contribution in [0.1, 0.15) is 10.4 Å². The Kier molecular flexibility index (Phi) is 4.56. The van der Waals surface area contributed by atoms with E-state index in [4.69, 9.17) is 0 Å². The fourth-order valence-corrected chi connectivity index (χ4v) is 2.44. The molecule has 2 rings (SSSR count). The van der Waals surface area contributed by atoms with E-state index in [1.165, 1.54) is 11.8 Å². The molecule has 0 aliphatic carbocycles. The molecule has 0 atom stereocenters. The van der Waals surface area contributed by atoms with Gasteiger partial charge in [0.05, 0.1) is 5.75 Å². The number of ketones is 1. The van der Waals surface area contributed by atoms with Gasteiger partial charge in [-0.2, -0.15) is 0 Å². The van der Waals surface area contributed by atoms with Crippen molar-refractivity contribution in [2.45, 2.75) is 4.90 Å². The molecule has 1 heterocycles. The van der Waals surface area contributed by atoms with E-state index in [9.17, 15) is 4.79 Å². The molecule has 1 aromatic heterocycles. The number of carbonyl (C=O) groups is 1. The highest BCUT2D eigenvalue weighted by atomic mass is 127. The Morgan fingerprint density at radius 3 is 2.41 bits per heavy atom. The highest BCUT2D eigenvalue weighted by Gasteiger charge is 2.06. The molecule has 0 aliphatic rings. The average Bonchev–Trinajstić information content (AvgIpc) is 2.38. The van der Waals surface area contributed by atoms with E-state index >= 15 is 0 Å². The van der Waals surface area contributed by atoms with Crippen molar-refractivity contribution in [1.29, 1.82) is 0 Å². The zero-order chi connectivity index (χ0) is 12.1. The van der Waals surface area contributed by atoms with E-state index in [2.05, 4.69) is 27.6 Å². The van der Waals surface area contributed by atoms with Crippen LogP contribution in [0, 0.1) is 3.57 Å². The minimum atomic E-state index is 0.156. The summed E-state index contributed by atoms with van der Waals surface area (Å²) in [6.07, 6.45) is 3.47. The van der Waals surface area contributed by atoms with Crippen LogP contribution in [-0.4, -0.2) is 16.5 Å². The van der Waals surface area contributed by atoms with Crippen LogP contribution in [0.2, 0.25) is 0 Å². The normalized spacial score (nSPS) is 10.2. The fourth-order valence-electron chi connectivity index (χ4n) is 1.30. The first-order chi connectivity index (χ1) is 8.25. The summed E-state index contributed by atoms with van der Waals surface area (Å²) < 4.78 is 1.14. The molecule has 1 aromatic carbocycles. The minimum absolute atomic E-state index is 0.156. The Bertz CT molecular complexity index is 499. The number of carbonyl (C=O) groups excluding carboxylic acids is 1. The molecule has 0 amide bonds. The van der Waals surface area contributed by atoms with Gasteiger partial charge >= 0.3 is 0 Å². The van der Waals surface area contributed by atoms with Gasteiger partial charge in [0.2, 0.25) is 0 Å². The number of halogens is 1. The Morgan fingerprint density at radius 1 is 1.12 bits per heavy atom. The third-order valence-corrected chi connectivity index (χ3v) is 3.92. The van der Waals surface area contributed by atoms with Crippen LogP contribution < -0.4 is 0 Å². The second kappa shape index (κ2) is 6.16. The molecule has 0 radical (unpaired) electrons. The van der Waals surface area contributed by atoms with Gasteiger partial charge in [-0.1, -0.05) is 12.1 Å². The summed E-state index contributed by atoms with van der Waals surface area (Å²) in [5.74, 6) is 0.619. The van der Waals surface area contributed by atoms with Crippen LogP contribution in [0.3, 0.4) is 0 Å². The molecule has 0 N–H and O–H groups in total. The first-order valence-corrected chi connectivity index (χ1v) is 7.14. The maximum atomic E-state index is 11.9. The van der Waals surface area contributed by atoms with Crippen molar-refractivity contribution in [2.24, 2.45) is 0 Å². The zero-order valence-electron chi connectivity index (χ0n) is 8.97. The summed E-state index contributed by atoms with van der Waals surface area (Å²) in [6, 6.07) is 11.5. The van der Waals surface area contributed by atoms with E-state index in [-0.39, 0.29) is 5.78 Å². The lowest BCUT2D eigenvalue weighted by Crippen LogP contribution is -2.01. The first kappa shape index (κ1) is 12.6. The lowest BCUT2D eigenvalue weighted by molar-refractivity contribution is 0.102. The SMILES string of the molecule is O=C(CSc1ccncc1)c1ccc(I)cc1. The molecule has 0 fully saturated rings. The predicted octanol–water partition coefficient (Wildman–Crippen LogP) is 3.66. The third kappa shape index (κ3) is 3.81. The largest absolute Gasteiger partial charge is 0.293 e. The van der Waals surface area contributed by atoms with Crippen molar-refractivity contribution in [1.82, 2.24) is 4.98 Å². The van der Waals surface area contributed by atoms with Gasteiger partial charge in [0.25, 0.3) is 0 Å². The van der Waals surface area contributed by atoms with Crippen molar-refractivity contribution >= 4 is 40.1 Å². The van der Waals surface area contributed by atoms with Crippen molar-refractivity contribution in [3.05, 3.63) is 57.9 Å². The summed E-state index contributed by atoms with van der Waals surface area (Å²) in [5.41, 5.74) is 0.770. The number of hydrogen-bond acceptors (Lipinski definition) is 3. The molecule has 0 saturated carbocycles. The van der Waals surface area contributed by atoms with Crippen LogP contribution in [-0.2, 0) is 0 Å². The molecule has 17 heavy (non-hydrogen) atoms. The Labute approximate surface area is 118 Å². The standard InChI is InChI=1S/C13H10INOS/c14-11-3-1-10(2-4-11)13(16)9-17-12-5-7-15-8-6-12/h1-8H,9H2. The molecule has 0 bridgehead atoms. The smallest absolute Gasteiger partial charge is 0.173 e. The van der Waals surface area contributed by atoms with Crippen LogP contribution in [0.25, 0.3) is 0 Å². The summed E-state index contributed by atoms with van der Waals surface area (Å²) in [5, 5.41) is 0. The Balaban J connectivity index is 1.96. The van der Waals surface area contributed by atoms with E-state index in [0.717, 1.165) is 14.0 Å². The van der Waals surface area contributed by atoms with Crippen LogP contribution in [0.15, 0.2) is 53.7 Å². The van der Waals surface area contributed by atoms with Gasteiger partial charge in [-0.15, -0.1) is 11.8 Å². The highest BCUT2D eigenvalue weighted by molar-refractivity contribution is 14.1. The second-order valence-electron chi connectivity index (χ2n) is 3.40. The van der Waals surface area contributed by atoms with Crippen molar-refractivity contribution in [3.63, 3.8) is 0 Å². The molecule has 0 unspecified atom stereocenters. The molecule has 86 valence electrons. The van der Waals surface area contributed by atoms with Gasteiger partial charge < -0.3 is 0 Å². The van der Waals surface area contributed by atoms with Gasteiger partial charge in [-0.05, 0) is 46.9 Å². The summed E-state index contributed by atoms with van der Waals surface area (Å²) in [6.45, 7) is 0. The summed E-state index contributed by atoms with van der Waals surface area (Å²) in [4.78, 5) is 16.9. The van der Waals surface area contributed by atoms with Crippen LogP contribution in [0.4, 0.5) is 0 Å². The van der Waals surface area contributed by atoms with E-state index in [0.29, 0.717) is 5.75 Å². The molecular formula is C13H10INOS. The topological polar surface area (TPSA) is 30.0 Å². The first-order valence-electron chi connectivity index (χ1n) is 5.07. The van der Waals surface area contributed by atoms with Gasteiger partial charge in [-0.3, -0.25) is 9.78 Å². The lowest BCUT2D eigenvalue weighted by Gasteiger charge is -2.01. The third-order valence-electron chi connectivity index (χ3n) is 2.19. The van der Waals surface area contributed by atoms with Gasteiger partial charge in [0.15, 0.2) is 5.78 Å². The number of benzene rings is 1. The predicted molar refractivity (Wildman–Crippen MR) is 78.5 cm³/mol. The highest BCUT2D eigenvalue weighted by Crippen LogP contribution is 2.18. The average molecular weight is 355 g/mol. The van der Waals surface area contributed by atoms with Crippen LogP contribution in [0.5, 0.6) is 0 Å². The zero-order valence-corrected chi connectivity index (χ0v) is 11.9. The molecule has 0 saturated heterocycles. The number of aromatic nitrogens is 1.